The Hall–Kier alpha value is -0.0800. The highest BCUT2D eigenvalue weighted by Crippen LogP contribution is 2.43. The van der Waals surface area contributed by atoms with Crippen molar-refractivity contribution >= 4 is 0 Å². The molecule has 0 aromatic carbocycles. The molecular formula is C9H16O2. The first-order chi connectivity index (χ1) is 5.29. The van der Waals surface area contributed by atoms with E-state index in [-0.39, 0.29) is 0 Å². The van der Waals surface area contributed by atoms with E-state index in [2.05, 4.69) is 6.92 Å². The van der Waals surface area contributed by atoms with E-state index in [4.69, 9.17) is 4.74 Å². The van der Waals surface area contributed by atoms with Gasteiger partial charge in [-0.1, -0.05) is 6.92 Å². The summed E-state index contributed by atoms with van der Waals surface area (Å²) < 4.78 is 5.22. The molecule has 2 aliphatic rings. The molecule has 0 aromatic rings. The van der Waals surface area contributed by atoms with Crippen LogP contribution in [-0.4, -0.2) is 18.0 Å². The summed E-state index contributed by atoms with van der Waals surface area (Å²) >= 11 is 0. The van der Waals surface area contributed by atoms with Crippen LogP contribution in [0, 0.1) is 17.8 Å². The fourth-order valence-corrected chi connectivity index (χ4v) is 2.63. The van der Waals surface area contributed by atoms with Crippen LogP contribution in [0.5, 0.6) is 0 Å². The summed E-state index contributed by atoms with van der Waals surface area (Å²) in [5.41, 5.74) is 0. The Kier molecular flexibility index (Phi) is 1.90. The molecule has 1 aliphatic carbocycles. The highest BCUT2D eigenvalue weighted by molar-refractivity contribution is 4.86. The van der Waals surface area contributed by atoms with Crippen LogP contribution in [0.25, 0.3) is 0 Å². The molecule has 0 bridgehead atoms. The molecule has 1 saturated heterocycles. The summed E-state index contributed by atoms with van der Waals surface area (Å²) in [5, 5.41) is 9.53. The molecule has 64 valence electrons. The number of rotatable bonds is 0. The molecule has 0 spiro atoms. The van der Waals surface area contributed by atoms with Gasteiger partial charge in [0.2, 0.25) is 0 Å². The van der Waals surface area contributed by atoms with E-state index < -0.39 is 6.29 Å². The van der Waals surface area contributed by atoms with Gasteiger partial charge in [0.1, 0.15) is 0 Å². The van der Waals surface area contributed by atoms with Crippen LogP contribution in [-0.2, 0) is 4.74 Å². The Balaban J connectivity index is 2.08. The van der Waals surface area contributed by atoms with Gasteiger partial charge in [-0.2, -0.15) is 0 Å². The zero-order valence-corrected chi connectivity index (χ0v) is 6.99. The minimum absolute atomic E-state index is 0.434. The minimum Gasteiger partial charge on any atom is -0.368 e. The van der Waals surface area contributed by atoms with Crippen LogP contribution in [0.4, 0.5) is 0 Å². The Bertz CT molecular complexity index is 144. The second-order valence-corrected chi connectivity index (χ2v) is 3.94. The van der Waals surface area contributed by atoms with Crippen molar-refractivity contribution in [3.8, 4) is 0 Å². The SMILES string of the molecule is CC1CCC2CCOC(O)C12. The molecule has 1 heterocycles. The molecule has 1 N–H and O–H groups in total. The summed E-state index contributed by atoms with van der Waals surface area (Å²) in [6, 6.07) is 0. The van der Waals surface area contributed by atoms with E-state index >= 15 is 0 Å². The molecule has 4 atom stereocenters. The van der Waals surface area contributed by atoms with E-state index in [1.54, 1.807) is 0 Å². The van der Waals surface area contributed by atoms with Crippen molar-refractivity contribution in [2.45, 2.75) is 32.5 Å². The third-order valence-corrected chi connectivity index (χ3v) is 3.30. The van der Waals surface area contributed by atoms with Crippen LogP contribution >= 0.6 is 0 Å². The fourth-order valence-electron chi connectivity index (χ4n) is 2.63. The topological polar surface area (TPSA) is 29.5 Å². The first-order valence-corrected chi connectivity index (χ1v) is 4.58. The molecule has 2 fully saturated rings. The number of hydrogen-bond acceptors (Lipinski definition) is 2. The number of fused-ring (bicyclic) bond motifs is 1. The molecule has 0 amide bonds. The van der Waals surface area contributed by atoms with Crippen LogP contribution in [0.15, 0.2) is 0 Å². The van der Waals surface area contributed by atoms with Crippen LogP contribution in [0.1, 0.15) is 26.2 Å². The molecule has 0 aromatic heterocycles. The zero-order valence-electron chi connectivity index (χ0n) is 6.99. The lowest BCUT2D eigenvalue weighted by atomic mass is 9.86. The molecule has 2 nitrogen and oxygen atoms in total. The predicted octanol–water partition coefficient (Wildman–Crippen LogP) is 1.39. The van der Waals surface area contributed by atoms with Crippen molar-refractivity contribution < 1.29 is 9.84 Å². The summed E-state index contributed by atoms with van der Waals surface area (Å²) in [7, 11) is 0. The lowest BCUT2D eigenvalue weighted by Crippen LogP contribution is -2.35. The Morgan fingerprint density at radius 3 is 2.82 bits per heavy atom. The average Bonchev–Trinajstić information content (AvgIpc) is 2.34. The number of hydrogen-bond donors (Lipinski definition) is 1. The van der Waals surface area contributed by atoms with E-state index in [1.165, 1.54) is 12.8 Å². The first kappa shape index (κ1) is 7.56. The number of aliphatic hydroxyl groups excluding tert-OH is 1. The van der Waals surface area contributed by atoms with E-state index in [0.717, 1.165) is 18.9 Å². The Morgan fingerprint density at radius 2 is 2.09 bits per heavy atom. The van der Waals surface area contributed by atoms with Gasteiger partial charge in [0.25, 0.3) is 0 Å². The maximum absolute atomic E-state index is 9.53. The number of ether oxygens (including phenoxy) is 1. The van der Waals surface area contributed by atoms with Crippen molar-refractivity contribution in [1.82, 2.24) is 0 Å². The Labute approximate surface area is 67.6 Å². The van der Waals surface area contributed by atoms with Gasteiger partial charge < -0.3 is 9.84 Å². The predicted molar refractivity (Wildman–Crippen MR) is 42.0 cm³/mol. The molecule has 1 saturated carbocycles. The van der Waals surface area contributed by atoms with Gasteiger partial charge in [0.15, 0.2) is 6.29 Å². The van der Waals surface area contributed by atoms with Crippen molar-refractivity contribution in [1.29, 1.82) is 0 Å². The smallest absolute Gasteiger partial charge is 0.157 e. The fraction of sp³-hybridized carbons (Fsp3) is 1.00. The maximum atomic E-state index is 9.53. The van der Waals surface area contributed by atoms with Gasteiger partial charge in [0, 0.05) is 5.92 Å². The van der Waals surface area contributed by atoms with Gasteiger partial charge >= 0.3 is 0 Å². The van der Waals surface area contributed by atoms with Gasteiger partial charge in [-0.3, -0.25) is 0 Å². The standard InChI is InChI=1S/C9H16O2/c1-6-2-3-7-4-5-11-9(10)8(6)7/h6-10H,2-5H2,1H3. The lowest BCUT2D eigenvalue weighted by Gasteiger charge is -2.32. The second-order valence-electron chi connectivity index (χ2n) is 3.94. The summed E-state index contributed by atoms with van der Waals surface area (Å²) in [5.74, 6) is 1.84. The van der Waals surface area contributed by atoms with Gasteiger partial charge in [-0.25, -0.2) is 0 Å². The largest absolute Gasteiger partial charge is 0.368 e. The van der Waals surface area contributed by atoms with Crippen molar-refractivity contribution in [3.05, 3.63) is 0 Å². The van der Waals surface area contributed by atoms with Crippen molar-refractivity contribution in [3.63, 3.8) is 0 Å². The first-order valence-electron chi connectivity index (χ1n) is 4.58. The second kappa shape index (κ2) is 2.76. The van der Waals surface area contributed by atoms with Crippen LogP contribution < -0.4 is 0 Å². The molecule has 11 heavy (non-hydrogen) atoms. The van der Waals surface area contributed by atoms with Gasteiger partial charge in [0.05, 0.1) is 6.61 Å². The summed E-state index contributed by atoms with van der Waals surface area (Å²) in [6.45, 7) is 2.98. The highest BCUT2D eigenvalue weighted by atomic mass is 16.6. The molecule has 0 radical (unpaired) electrons. The lowest BCUT2D eigenvalue weighted by molar-refractivity contribution is -0.178. The summed E-state index contributed by atoms with van der Waals surface area (Å²) in [6.07, 6.45) is 3.26. The highest BCUT2D eigenvalue weighted by Gasteiger charge is 2.40. The molecule has 2 rings (SSSR count). The average molecular weight is 156 g/mol. The third kappa shape index (κ3) is 1.18. The van der Waals surface area contributed by atoms with Crippen LogP contribution in [0.3, 0.4) is 0 Å². The molecule has 1 aliphatic heterocycles. The van der Waals surface area contributed by atoms with E-state index in [0.29, 0.717) is 11.8 Å². The maximum Gasteiger partial charge on any atom is 0.157 e. The number of aliphatic hydroxyl groups is 1. The normalized spacial score (nSPS) is 50.7. The van der Waals surface area contributed by atoms with E-state index in [9.17, 15) is 5.11 Å². The molecular weight excluding hydrogens is 140 g/mol. The Morgan fingerprint density at radius 1 is 1.27 bits per heavy atom. The van der Waals surface area contributed by atoms with Gasteiger partial charge in [-0.05, 0) is 31.1 Å². The van der Waals surface area contributed by atoms with Crippen molar-refractivity contribution in [2.75, 3.05) is 6.61 Å². The third-order valence-electron chi connectivity index (χ3n) is 3.30. The minimum atomic E-state index is -0.466. The van der Waals surface area contributed by atoms with Crippen LogP contribution in [0.2, 0.25) is 0 Å². The monoisotopic (exact) mass is 156 g/mol. The molecule has 2 heteroatoms. The van der Waals surface area contributed by atoms with Gasteiger partial charge in [-0.15, -0.1) is 0 Å². The zero-order chi connectivity index (χ0) is 7.84. The van der Waals surface area contributed by atoms with E-state index in [1.807, 2.05) is 0 Å². The van der Waals surface area contributed by atoms with Crippen molar-refractivity contribution in [2.24, 2.45) is 17.8 Å². The molecule has 4 unspecified atom stereocenters. The summed E-state index contributed by atoms with van der Waals surface area (Å²) in [4.78, 5) is 0. The quantitative estimate of drug-likeness (QED) is 0.574.